The lowest BCUT2D eigenvalue weighted by Gasteiger charge is -2.09. The standard InChI is InChI=1S/C24H22O5/c1-2-27-21-12-14-22(15-13-21)28-16-17-29-24(26)20-10-8-19(9-11-20)23(25)18-6-4-3-5-7-18/h3-15H,2,16-17H2,1H3. The summed E-state index contributed by atoms with van der Waals surface area (Å²) in [6.07, 6.45) is 0. The van der Waals surface area contributed by atoms with Gasteiger partial charge in [-0.3, -0.25) is 4.79 Å². The molecule has 5 nitrogen and oxygen atoms in total. The SMILES string of the molecule is CCOc1ccc(OCCOC(=O)c2ccc(C(=O)c3ccccc3)cc2)cc1. The molecule has 0 aromatic heterocycles. The third-order valence-electron chi connectivity index (χ3n) is 4.14. The topological polar surface area (TPSA) is 61.8 Å². The molecule has 0 aliphatic rings. The van der Waals surface area contributed by atoms with E-state index < -0.39 is 5.97 Å². The number of benzene rings is 3. The molecule has 0 radical (unpaired) electrons. The maximum Gasteiger partial charge on any atom is 0.338 e. The largest absolute Gasteiger partial charge is 0.494 e. The smallest absolute Gasteiger partial charge is 0.338 e. The van der Waals surface area contributed by atoms with Gasteiger partial charge in [0.2, 0.25) is 0 Å². The Balaban J connectivity index is 1.46. The van der Waals surface area contributed by atoms with Crippen molar-refractivity contribution in [3.63, 3.8) is 0 Å². The van der Waals surface area contributed by atoms with Gasteiger partial charge in [0.15, 0.2) is 5.78 Å². The highest BCUT2D eigenvalue weighted by Gasteiger charge is 2.11. The van der Waals surface area contributed by atoms with Gasteiger partial charge >= 0.3 is 5.97 Å². The number of carbonyl (C=O) groups excluding carboxylic acids is 2. The minimum atomic E-state index is -0.459. The molecule has 0 heterocycles. The van der Waals surface area contributed by atoms with Gasteiger partial charge in [-0.2, -0.15) is 0 Å². The molecule has 0 aliphatic carbocycles. The first-order valence-corrected chi connectivity index (χ1v) is 9.40. The van der Waals surface area contributed by atoms with Crippen molar-refractivity contribution < 1.29 is 23.8 Å². The fourth-order valence-corrected chi connectivity index (χ4v) is 2.69. The van der Waals surface area contributed by atoms with Gasteiger partial charge in [-0.05, 0) is 43.3 Å². The Morgan fingerprint density at radius 1 is 0.655 bits per heavy atom. The minimum Gasteiger partial charge on any atom is -0.494 e. The maximum atomic E-state index is 12.4. The molecule has 3 aromatic carbocycles. The van der Waals surface area contributed by atoms with E-state index in [1.807, 2.05) is 37.3 Å². The van der Waals surface area contributed by atoms with E-state index in [1.165, 1.54) is 0 Å². The molecule has 0 spiro atoms. The van der Waals surface area contributed by atoms with Crippen molar-refractivity contribution >= 4 is 11.8 Å². The Kier molecular flexibility index (Phi) is 7.00. The highest BCUT2D eigenvalue weighted by atomic mass is 16.6. The Morgan fingerprint density at radius 3 is 1.83 bits per heavy atom. The van der Waals surface area contributed by atoms with Gasteiger partial charge < -0.3 is 14.2 Å². The molecule has 0 atom stereocenters. The lowest BCUT2D eigenvalue weighted by Crippen LogP contribution is -2.12. The van der Waals surface area contributed by atoms with E-state index in [2.05, 4.69) is 0 Å². The van der Waals surface area contributed by atoms with Crippen LogP contribution in [-0.4, -0.2) is 31.6 Å². The second-order valence-corrected chi connectivity index (χ2v) is 6.16. The maximum absolute atomic E-state index is 12.4. The normalized spacial score (nSPS) is 10.2. The molecule has 0 bridgehead atoms. The summed E-state index contributed by atoms with van der Waals surface area (Å²) in [4.78, 5) is 24.5. The third-order valence-corrected chi connectivity index (χ3v) is 4.14. The molecule has 0 aliphatic heterocycles. The quantitative estimate of drug-likeness (QED) is 0.305. The Hall–Kier alpha value is -3.60. The summed E-state index contributed by atoms with van der Waals surface area (Å²) >= 11 is 0. The van der Waals surface area contributed by atoms with Crippen molar-refractivity contribution in [1.82, 2.24) is 0 Å². The van der Waals surface area contributed by atoms with Crippen LogP contribution in [0.5, 0.6) is 11.5 Å². The summed E-state index contributed by atoms with van der Waals surface area (Å²) in [5.41, 5.74) is 1.51. The van der Waals surface area contributed by atoms with E-state index in [1.54, 1.807) is 48.5 Å². The van der Waals surface area contributed by atoms with Crippen LogP contribution in [0, 0.1) is 0 Å². The van der Waals surface area contributed by atoms with Crippen molar-refractivity contribution in [2.24, 2.45) is 0 Å². The van der Waals surface area contributed by atoms with Gasteiger partial charge in [-0.25, -0.2) is 4.79 Å². The van der Waals surface area contributed by atoms with Crippen LogP contribution < -0.4 is 9.47 Å². The molecular weight excluding hydrogens is 368 g/mol. The predicted molar refractivity (Wildman–Crippen MR) is 110 cm³/mol. The van der Waals surface area contributed by atoms with Crippen LogP contribution in [0.25, 0.3) is 0 Å². The molecule has 3 rings (SSSR count). The number of hydrogen-bond acceptors (Lipinski definition) is 5. The van der Waals surface area contributed by atoms with Crippen molar-refractivity contribution in [2.75, 3.05) is 19.8 Å². The van der Waals surface area contributed by atoms with Crippen LogP contribution in [0.3, 0.4) is 0 Å². The van der Waals surface area contributed by atoms with Crippen LogP contribution in [-0.2, 0) is 4.74 Å². The van der Waals surface area contributed by atoms with Gasteiger partial charge in [0, 0.05) is 11.1 Å². The van der Waals surface area contributed by atoms with Gasteiger partial charge in [-0.1, -0.05) is 42.5 Å². The van der Waals surface area contributed by atoms with E-state index in [-0.39, 0.29) is 19.0 Å². The van der Waals surface area contributed by atoms with E-state index in [0.717, 1.165) is 5.75 Å². The first-order chi connectivity index (χ1) is 14.2. The highest BCUT2D eigenvalue weighted by molar-refractivity contribution is 6.09. The monoisotopic (exact) mass is 390 g/mol. The molecule has 0 amide bonds. The molecule has 0 unspecified atom stereocenters. The van der Waals surface area contributed by atoms with E-state index >= 15 is 0 Å². The number of ketones is 1. The fourth-order valence-electron chi connectivity index (χ4n) is 2.69. The average molecular weight is 390 g/mol. The van der Waals surface area contributed by atoms with Crippen LogP contribution in [0.1, 0.15) is 33.2 Å². The Morgan fingerprint density at radius 2 is 1.21 bits per heavy atom. The zero-order valence-electron chi connectivity index (χ0n) is 16.2. The lowest BCUT2D eigenvalue weighted by atomic mass is 10.0. The van der Waals surface area contributed by atoms with Crippen LogP contribution >= 0.6 is 0 Å². The molecule has 148 valence electrons. The summed E-state index contributed by atoms with van der Waals surface area (Å²) in [6, 6.07) is 22.7. The zero-order chi connectivity index (χ0) is 20.5. The molecule has 29 heavy (non-hydrogen) atoms. The third kappa shape index (κ3) is 5.69. The molecule has 0 N–H and O–H groups in total. The molecular formula is C24H22O5. The van der Waals surface area contributed by atoms with Crippen LogP contribution in [0.2, 0.25) is 0 Å². The first-order valence-electron chi connectivity index (χ1n) is 9.40. The Labute approximate surface area is 169 Å². The highest BCUT2D eigenvalue weighted by Crippen LogP contribution is 2.17. The summed E-state index contributed by atoms with van der Waals surface area (Å²) < 4.78 is 16.1. The van der Waals surface area contributed by atoms with Gasteiger partial charge in [0.1, 0.15) is 24.7 Å². The number of hydrogen-bond donors (Lipinski definition) is 0. The van der Waals surface area contributed by atoms with Crippen molar-refractivity contribution in [3.05, 3.63) is 95.6 Å². The molecule has 3 aromatic rings. The van der Waals surface area contributed by atoms with E-state index in [9.17, 15) is 9.59 Å². The number of rotatable bonds is 9. The molecule has 0 fully saturated rings. The molecule has 0 saturated carbocycles. The number of carbonyl (C=O) groups is 2. The lowest BCUT2D eigenvalue weighted by molar-refractivity contribution is 0.0450. The van der Waals surface area contributed by atoms with Crippen molar-refractivity contribution in [2.45, 2.75) is 6.92 Å². The molecule has 5 heteroatoms. The Bertz CT molecular complexity index is 931. The molecule has 0 saturated heterocycles. The van der Waals surface area contributed by atoms with E-state index in [0.29, 0.717) is 29.0 Å². The van der Waals surface area contributed by atoms with Crippen molar-refractivity contribution in [3.8, 4) is 11.5 Å². The minimum absolute atomic E-state index is 0.0886. The van der Waals surface area contributed by atoms with Crippen molar-refractivity contribution in [1.29, 1.82) is 0 Å². The van der Waals surface area contributed by atoms with Gasteiger partial charge in [0.05, 0.1) is 12.2 Å². The zero-order valence-corrected chi connectivity index (χ0v) is 16.2. The second-order valence-electron chi connectivity index (χ2n) is 6.16. The summed E-state index contributed by atoms with van der Waals surface area (Å²) in [5, 5.41) is 0. The summed E-state index contributed by atoms with van der Waals surface area (Å²) in [5.74, 6) is 0.905. The van der Waals surface area contributed by atoms with Crippen LogP contribution in [0.4, 0.5) is 0 Å². The second kappa shape index (κ2) is 10.1. The van der Waals surface area contributed by atoms with E-state index in [4.69, 9.17) is 14.2 Å². The summed E-state index contributed by atoms with van der Waals surface area (Å²) in [7, 11) is 0. The van der Waals surface area contributed by atoms with Gasteiger partial charge in [0.25, 0.3) is 0 Å². The predicted octanol–water partition coefficient (Wildman–Crippen LogP) is 4.55. The van der Waals surface area contributed by atoms with Gasteiger partial charge in [-0.15, -0.1) is 0 Å². The summed E-state index contributed by atoms with van der Waals surface area (Å²) in [6.45, 7) is 2.89. The number of ether oxygens (including phenoxy) is 3. The number of esters is 1. The average Bonchev–Trinajstić information content (AvgIpc) is 2.78. The fraction of sp³-hybridized carbons (Fsp3) is 0.167. The first kappa shape index (κ1) is 20.1. The van der Waals surface area contributed by atoms with Crippen LogP contribution in [0.15, 0.2) is 78.9 Å².